The molecule has 5 nitrogen and oxygen atoms in total. The quantitative estimate of drug-likeness (QED) is 0.697. The standard InChI is InChI=1S/C17H18FN3O2/c1-2-23-17(22)14-5-3-4-10-21(14)15-11-19-16(20-15)12-6-8-13(18)9-7-12/h6-9,11H,2-5,10H2,1H3/p+1. The Labute approximate surface area is 133 Å². The molecule has 0 amide bonds. The van der Waals surface area contributed by atoms with Gasteiger partial charge in [0, 0.05) is 12.0 Å². The topological polar surface area (TPSA) is 58.0 Å². The summed E-state index contributed by atoms with van der Waals surface area (Å²) < 4.78 is 20.1. The number of benzene rings is 1. The van der Waals surface area contributed by atoms with Crippen LogP contribution in [0, 0.1) is 5.82 Å². The largest absolute Gasteiger partial charge is 0.460 e. The van der Waals surface area contributed by atoms with Gasteiger partial charge < -0.3 is 4.74 Å². The first-order valence-corrected chi connectivity index (χ1v) is 7.80. The number of aromatic nitrogens is 2. The van der Waals surface area contributed by atoms with Crippen LogP contribution in [0.2, 0.25) is 0 Å². The van der Waals surface area contributed by atoms with E-state index in [-0.39, 0.29) is 11.8 Å². The molecule has 0 saturated heterocycles. The minimum Gasteiger partial charge on any atom is -0.460 e. The van der Waals surface area contributed by atoms with E-state index in [1.165, 1.54) is 12.1 Å². The van der Waals surface area contributed by atoms with Crippen LogP contribution in [0.3, 0.4) is 0 Å². The molecule has 2 aromatic rings. The molecule has 2 heterocycles. The Morgan fingerprint density at radius 2 is 2.13 bits per heavy atom. The Balaban J connectivity index is 1.94. The summed E-state index contributed by atoms with van der Waals surface area (Å²) >= 11 is 0. The lowest BCUT2D eigenvalue weighted by atomic mass is 10.1. The maximum atomic E-state index is 13.0. The Morgan fingerprint density at radius 3 is 2.87 bits per heavy atom. The highest BCUT2D eigenvalue weighted by molar-refractivity contribution is 6.34. The van der Waals surface area contributed by atoms with Gasteiger partial charge in [-0.1, -0.05) is 0 Å². The van der Waals surface area contributed by atoms with Gasteiger partial charge in [-0.05, 0) is 44.0 Å². The summed E-state index contributed by atoms with van der Waals surface area (Å²) in [6.07, 6.45) is 4.38. The summed E-state index contributed by atoms with van der Waals surface area (Å²) in [5.41, 5.74) is 1.46. The first kappa shape index (κ1) is 15.4. The first-order chi connectivity index (χ1) is 11.2. The molecule has 1 N–H and O–H groups in total. The number of rotatable bonds is 4. The number of nitrogens with zero attached hydrogens (tertiary/aromatic N) is 2. The van der Waals surface area contributed by atoms with Crippen molar-refractivity contribution in [2.75, 3.05) is 13.2 Å². The zero-order chi connectivity index (χ0) is 16.2. The van der Waals surface area contributed by atoms with Gasteiger partial charge in [0.2, 0.25) is 5.82 Å². The summed E-state index contributed by atoms with van der Waals surface area (Å²) in [7, 11) is 0. The molecule has 6 heteroatoms. The number of nitrogens with one attached hydrogen (secondary N) is 1. The molecule has 0 spiro atoms. The smallest absolute Gasteiger partial charge is 0.373 e. The van der Waals surface area contributed by atoms with E-state index >= 15 is 0 Å². The van der Waals surface area contributed by atoms with E-state index in [4.69, 9.17) is 4.74 Å². The maximum absolute atomic E-state index is 13.0. The van der Waals surface area contributed by atoms with Gasteiger partial charge in [0.15, 0.2) is 5.71 Å². The van der Waals surface area contributed by atoms with Crippen LogP contribution in [-0.2, 0) is 9.53 Å². The van der Waals surface area contributed by atoms with Crippen molar-refractivity contribution in [2.24, 2.45) is 0 Å². The summed E-state index contributed by atoms with van der Waals surface area (Å²) in [6, 6.07) is 6.14. The van der Waals surface area contributed by atoms with Crippen molar-refractivity contribution in [3.63, 3.8) is 0 Å². The number of imidazole rings is 1. The molecule has 0 saturated carbocycles. The van der Waals surface area contributed by atoms with E-state index in [1.807, 2.05) is 4.58 Å². The van der Waals surface area contributed by atoms with Crippen LogP contribution >= 0.6 is 0 Å². The van der Waals surface area contributed by atoms with Crippen molar-refractivity contribution in [1.82, 2.24) is 9.97 Å². The number of ether oxygens (including phenoxy) is 1. The second-order valence-corrected chi connectivity index (χ2v) is 5.40. The Kier molecular flexibility index (Phi) is 4.50. The molecule has 0 atom stereocenters. The Bertz CT molecular complexity index is 735. The third-order valence-electron chi connectivity index (χ3n) is 3.85. The first-order valence-electron chi connectivity index (χ1n) is 7.80. The fraction of sp³-hybridized carbons (Fsp3) is 0.353. The molecule has 23 heavy (non-hydrogen) atoms. The van der Waals surface area contributed by atoms with E-state index in [9.17, 15) is 9.18 Å². The van der Waals surface area contributed by atoms with Crippen molar-refractivity contribution >= 4 is 17.5 Å². The van der Waals surface area contributed by atoms with Crippen LogP contribution in [0.15, 0.2) is 30.5 Å². The molecule has 120 valence electrons. The molecule has 1 aliphatic rings. The number of esters is 1. The maximum Gasteiger partial charge on any atom is 0.373 e. The number of H-pyrrole nitrogens is 1. The third kappa shape index (κ3) is 3.31. The van der Waals surface area contributed by atoms with Crippen molar-refractivity contribution in [3.8, 4) is 11.4 Å². The number of aromatic amines is 1. The zero-order valence-electron chi connectivity index (χ0n) is 13.0. The molecule has 0 unspecified atom stereocenters. The molecular weight excluding hydrogens is 297 g/mol. The molecule has 1 aromatic carbocycles. The Hall–Kier alpha value is -2.50. The van der Waals surface area contributed by atoms with Crippen LogP contribution in [0.5, 0.6) is 0 Å². The fourth-order valence-corrected chi connectivity index (χ4v) is 2.73. The van der Waals surface area contributed by atoms with Crippen molar-refractivity contribution in [3.05, 3.63) is 36.3 Å². The minimum atomic E-state index is -0.283. The van der Waals surface area contributed by atoms with E-state index in [1.54, 1.807) is 25.3 Å². The molecule has 0 bridgehead atoms. The van der Waals surface area contributed by atoms with Gasteiger partial charge in [-0.2, -0.15) is 0 Å². The van der Waals surface area contributed by atoms with Gasteiger partial charge in [-0.3, -0.25) is 0 Å². The second-order valence-electron chi connectivity index (χ2n) is 5.40. The minimum absolute atomic E-state index is 0.273. The third-order valence-corrected chi connectivity index (χ3v) is 3.85. The van der Waals surface area contributed by atoms with Gasteiger partial charge in [-0.15, -0.1) is 0 Å². The number of carbonyl (C=O) groups is 1. The van der Waals surface area contributed by atoms with Crippen LogP contribution in [0.1, 0.15) is 26.2 Å². The van der Waals surface area contributed by atoms with Crippen LogP contribution in [0.25, 0.3) is 11.4 Å². The highest BCUT2D eigenvalue weighted by Crippen LogP contribution is 2.22. The van der Waals surface area contributed by atoms with Crippen LogP contribution in [0.4, 0.5) is 10.2 Å². The summed E-state index contributed by atoms with van der Waals surface area (Å²) in [5, 5.41) is 0. The fourth-order valence-electron chi connectivity index (χ4n) is 2.73. The number of hydrogen-bond acceptors (Lipinski definition) is 3. The van der Waals surface area contributed by atoms with E-state index < -0.39 is 0 Å². The molecule has 3 rings (SSSR count). The van der Waals surface area contributed by atoms with Crippen molar-refractivity contribution < 1.29 is 18.5 Å². The van der Waals surface area contributed by atoms with E-state index in [0.717, 1.165) is 30.8 Å². The van der Waals surface area contributed by atoms with Gasteiger partial charge >= 0.3 is 5.97 Å². The van der Waals surface area contributed by atoms with E-state index in [2.05, 4.69) is 9.97 Å². The van der Waals surface area contributed by atoms with Gasteiger partial charge in [0.1, 0.15) is 12.0 Å². The highest BCUT2D eigenvalue weighted by atomic mass is 19.1. The molecule has 0 radical (unpaired) electrons. The lowest BCUT2D eigenvalue weighted by Crippen LogP contribution is -2.31. The number of carbonyl (C=O) groups excluding carboxylic acids is 1. The van der Waals surface area contributed by atoms with Gasteiger partial charge in [0.25, 0.3) is 5.82 Å². The van der Waals surface area contributed by atoms with Crippen molar-refractivity contribution in [1.29, 1.82) is 0 Å². The molecule has 1 aliphatic heterocycles. The molecule has 0 aliphatic carbocycles. The average molecular weight is 316 g/mol. The van der Waals surface area contributed by atoms with Crippen molar-refractivity contribution in [2.45, 2.75) is 26.2 Å². The predicted molar refractivity (Wildman–Crippen MR) is 84.3 cm³/mol. The monoisotopic (exact) mass is 316 g/mol. The second kappa shape index (κ2) is 6.73. The van der Waals surface area contributed by atoms with Gasteiger partial charge in [0.05, 0.1) is 13.2 Å². The van der Waals surface area contributed by atoms with Gasteiger partial charge in [-0.25, -0.2) is 23.7 Å². The lowest BCUT2D eigenvalue weighted by molar-refractivity contribution is -0.450. The van der Waals surface area contributed by atoms with Crippen LogP contribution < -0.4 is 0 Å². The summed E-state index contributed by atoms with van der Waals surface area (Å²) in [4.78, 5) is 19.7. The number of hydrogen-bond donors (Lipinski definition) is 1. The Morgan fingerprint density at radius 1 is 1.35 bits per heavy atom. The normalized spacial score (nSPS) is 14.9. The van der Waals surface area contributed by atoms with Crippen LogP contribution in [-0.4, -0.2) is 39.4 Å². The molecule has 1 aromatic heterocycles. The SMILES string of the molecule is CCOC(=O)C1=[N+](c2cnc(-c3ccc(F)cc3)[nH]2)CCCC1. The van der Waals surface area contributed by atoms with E-state index in [0.29, 0.717) is 24.6 Å². The zero-order valence-corrected chi connectivity index (χ0v) is 13.0. The number of halogens is 1. The summed E-state index contributed by atoms with van der Waals surface area (Å²) in [6.45, 7) is 2.91. The predicted octanol–water partition coefficient (Wildman–Crippen LogP) is 3.05. The average Bonchev–Trinajstić information content (AvgIpc) is 3.05. The lowest BCUT2D eigenvalue weighted by Gasteiger charge is -2.15. The molecular formula is C17H19FN3O2+. The molecule has 0 fully saturated rings. The summed E-state index contributed by atoms with van der Waals surface area (Å²) in [5.74, 6) is 0.848. The highest BCUT2D eigenvalue weighted by Gasteiger charge is 2.27.